The minimum absolute atomic E-state index is 0.0106. The molecule has 1 unspecified atom stereocenters. The topological polar surface area (TPSA) is 70.4 Å². The summed E-state index contributed by atoms with van der Waals surface area (Å²) in [4.78, 5) is 13.7. The smallest absolute Gasteiger partial charge is 0.244 e. The van der Waals surface area contributed by atoms with Crippen molar-refractivity contribution in [3.05, 3.63) is 11.8 Å². The summed E-state index contributed by atoms with van der Waals surface area (Å²) in [5, 5.41) is 17.2. The van der Waals surface area contributed by atoms with Crippen molar-refractivity contribution in [2.24, 2.45) is 0 Å². The van der Waals surface area contributed by atoms with Crippen LogP contribution in [0.5, 0.6) is 0 Å². The maximum Gasteiger partial charge on any atom is 0.244 e. The van der Waals surface area contributed by atoms with Crippen molar-refractivity contribution in [3.8, 4) is 0 Å². The number of amides is 1. The van der Waals surface area contributed by atoms with Gasteiger partial charge in [-0.3, -0.25) is 9.48 Å². The van der Waals surface area contributed by atoms with Crippen LogP contribution >= 0.6 is 0 Å². The second-order valence-electron chi connectivity index (χ2n) is 4.52. The first-order valence-electron chi connectivity index (χ1n) is 5.76. The molecule has 1 atom stereocenters. The maximum atomic E-state index is 12.0. The Morgan fingerprint density at radius 3 is 2.88 bits per heavy atom. The Balaban J connectivity index is 2.32. The van der Waals surface area contributed by atoms with Crippen molar-refractivity contribution in [2.75, 3.05) is 18.9 Å². The van der Waals surface area contributed by atoms with Crippen molar-refractivity contribution in [1.82, 2.24) is 14.7 Å². The van der Waals surface area contributed by atoms with Crippen LogP contribution in [0.2, 0.25) is 0 Å². The lowest BCUT2D eigenvalue weighted by Gasteiger charge is -2.25. The SMILES string of the molecule is CNc1cc2n(n1)CC(=O)N(C(C)C)CC2O. The fourth-order valence-corrected chi connectivity index (χ4v) is 2.05. The third-order valence-corrected chi connectivity index (χ3v) is 3.01. The van der Waals surface area contributed by atoms with Crippen molar-refractivity contribution in [2.45, 2.75) is 32.5 Å². The Bertz CT molecular complexity index is 427. The third-order valence-electron chi connectivity index (χ3n) is 3.01. The number of aliphatic hydroxyl groups is 1. The van der Waals surface area contributed by atoms with Gasteiger partial charge in [0.05, 0.1) is 12.2 Å². The van der Waals surface area contributed by atoms with E-state index in [9.17, 15) is 9.90 Å². The number of anilines is 1. The van der Waals surface area contributed by atoms with E-state index in [2.05, 4.69) is 10.4 Å². The lowest BCUT2D eigenvalue weighted by Crippen LogP contribution is -2.39. The maximum absolute atomic E-state index is 12.0. The predicted octanol–water partition coefficient (Wildman–Crippen LogP) is 0.209. The highest BCUT2D eigenvalue weighted by Gasteiger charge is 2.28. The van der Waals surface area contributed by atoms with Crippen LogP contribution in [0.25, 0.3) is 0 Å². The molecule has 1 aromatic heterocycles. The first-order chi connectivity index (χ1) is 8.02. The molecule has 94 valence electrons. The van der Waals surface area contributed by atoms with Crippen molar-refractivity contribution in [1.29, 1.82) is 0 Å². The Labute approximate surface area is 100 Å². The second kappa shape index (κ2) is 4.37. The number of aliphatic hydroxyl groups excluding tert-OH is 1. The van der Waals surface area contributed by atoms with E-state index in [1.165, 1.54) is 0 Å². The molecular weight excluding hydrogens is 220 g/mol. The van der Waals surface area contributed by atoms with Gasteiger partial charge in [0, 0.05) is 19.2 Å². The second-order valence-corrected chi connectivity index (χ2v) is 4.52. The van der Waals surface area contributed by atoms with Gasteiger partial charge >= 0.3 is 0 Å². The van der Waals surface area contributed by atoms with Gasteiger partial charge in [-0.1, -0.05) is 0 Å². The highest BCUT2D eigenvalue weighted by atomic mass is 16.3. The highest BCUT2D eigenvalue weighted by Crippen LogP contribution is 2.22. The fourth-order valence-electron chi connectivity index (χ4n) is 2.05. The molecule has 0 radical (unpaired) electrons. The normalized spacial score (nSPS) is 20.4. The summed E-state index contributed by atoms with van der Waals surface area (Å²) in [6.07, 6.45) is -0.682. The van der Waals surface area contributed by atoms with Crippen LogP contribution < -0.4 is 5.32 Å². The Morgan fingerprint density at radius 1 is 1.59 bits per heavy atom. The van der Waals surface area contributed by atoms with E-state index in [1.54, 1.807) is 22.7 Å². The van der Waals surface area contributed by atoms with Gasteiger partial charge in [-0.2, -0.15) is 5.10 Å². The summed E-state index contributed by atoms with van der Waals surface area (Å²) < 4.78 is 1.57. The molecule has 0 saturated carbocycles. The van der Waals surface area contributed by atoms with Crippen LogP contribution in [0.15, 0.2) is 6.07 Å². The van der Waals surface area contributed by atoms with Gasteiger partial charge in [0.1, 0.15) is 18.5 Å². The van der Waals surface area contributed by atoms with Gasteiger partial charge in [-0.15, -0.1) is 0 Å². The molecule has 0 aliphatic carbocycles. The number of rotatable bonds is 2. The third kappa shape index (κ3) is 2.12. The van der Waals surface area contributed by atoms with Gasteiger partial charge in [0.2, 0.25) is 5.91 Å². The number of hydrogen-bond donors (Lipinski definition) is 2. The number of aromatic nitrogens is 2. The molecule has 1 aliphatic heterocycles. The minimum atomic E-state index is -0.682. The number of nitrogens with zero attached hydrogens (tertiary/aromatic N) is 3. The fraction of sp³-hybridized carbons (Fsp3) is 0.636. The van der Waals surface area contributed by atoms with Crippen LogP contribution in [-0.2, 0) is 11.3 Å². The first-order valence-corrected chi connectivity index (χ1v) is 5.76. The number of carbonyl (C=O) groups is 1. The van der Waals surface area contributed by atoms with E-state index in [1.807, 2.05) is 13.8 Å². The minimum Gasteiger partial charge on any atom is -0.385 e. The van der Waals surface area contributed by atoms with Crippen molar-refractivity contribution < 1.29 is 9.90 Å². The molecule has 1 aromatic rings. The van der Waals surface area contributed by atoms with Crippen molar-refractivity contribution >= 4 is 11.7 Å². The van der Waals surface area contributed by atoms with Gasteiger partial charge < -0.3 is 15.3 Å². The Morgan fingerprint density at radius 2 is 2.29 bits per heavy atom. The number of nitrogens with one attached hydrogen (secondary N) is 1. The van der Waals surface area contributed by atoms with Crippen LogP contribution in [0.1, 0.15) is 25.6 Å². The van der Waals surface area contributed by atoms with Crippen LogP contribution in [0, 0.1) is 0 Å². The molecule has 2 rings (SSSR count). The number of carbonyl (C=O) groups excluding carboxylic acids is 1. The molecule has 0 fully saturated rings. The monoisotopic (exact) mass is 238 g/mol. The molecule has 0 saturated heterocycles. The molecule has 2 N–H and O–H groups in total. The number of β-amino-alcohol motifs (C(OH)–C–C–N with tert-alkyl or cyclic N) is 1. The molecule has 6 heteroatoms. The van der Waals surface area contributed by atoms with Gasteiger partial charge in [-0.25, -0.2) is 0 Å². The van der Waals surface area contributed by atoms with Gasteiger partial charge in [0.15, 0.2) is 0 Å². The molecule has 6 nitrogen and oxygen atoms in total. The Kier molecular flexibility index (Phi) is 3.06. The average Bonchev–Trinajstić information content (AvgIpc) is 2.63. The highest BCUT2D eigenvalue weighted by molar-refractivity contribution is 5.77. The summed E-state index contributed by atoms with van der Waals surface area (Å²) in [6, 6.07) is 1.87. The van der Waals surface area contributed by atoms with E-state index >= 15 is 0 Å². The molecule has 0 aromatic carbocycles. The van der Waals surface area contributed by atoms with E-state index in [-0.39, 0.29) is 18.5 Å². The molecule has 1 aliphatic rings. The van der Waals surface area contributed by atoms with E-state index in [4.69, 9.17) is 0 Å². The standard InChI is InChI=1S/C11H18N4O2/c1-7(2)14-5-9(16)8-4-10(12-3)13-15(8)6-11(14)17/h4,7,9,16H,5-6H2,1-3H3,(H,12,13). The lowest BCUT2D eigenvalue weighted by molar-refractivity contribution is -0.134. The molecule has 2 heterocycles. The average molecular weight is 238 g/mol. The summed E-state index contributed by atoms with van der Waals surface area (Å²) in [5.41, 5.74) is 0.686. The van der Waals surface area contributed by atoms with Gasteiger partial charge in [-0.05, 0) is 13.8 Å². The van der Waals surface area contributed by atoms with E-state index in [0.717, 1.165) is 0 Å². The predicted molar refractivity (Wildman–Crippen MR) is 63.6 cm³/mol. The molecule has 0 bridgehead atoms. The molecule has 1 amide bonds. The number of fused-ring (bicyclic) bond motifs is 1. The molecule has 17 heavy (non-hydrogen) atoms. The summed E-state index contributed by atoms with van der Waals surface area (Å²) in [5.74, 6) is 0.661. The van der Waals surface area contributed by atoms with Gasteiger partial charge in [0.25, 0.3) is 0 Å². The zero-order chi connectivity index (χ0) is 12.6. The Hall–Kier alpha value is -1.56. The van der Waals surface area contributed by atoms with Crippen LogP contribution in [-0.4, -0.2) is 45.3 Å². The zero-order valence-electron chi connectivity index (χ0n) is 10.3. The van der Waals surface area contributed by atoms with E-state index < -0.39 is 6.10 Å². The summed E-state index contributed by atoms with van der Waals surface area (Å²) >= 11 is 0. The van der Waals surface area contributed by atoms with Crippen LogP contribution in [0.4, 0.5) is 5.82 Å². The first kappa shape index (κ1) is 11.9. The lowest BCUT2D eigenvalue weighted by atomic mass is 10.2. The zero-order valence-corrected chi connectivity index (χ0v) is 10.3. The molecule has 0 spiro atoms. The summed E-state index contributed by atoms with van der Waals surface area (Å²) in [6.45, 7) is 4.40. The van der Waals surface area contributed by atoms with Crippen LogP contribution in [0.3, 0.4) is 0 Å². The number of hydrogen-bond acceptors (Lipinski definition) is 4. The largest absolute Gasteiger partial charge is 0.385 e. The summed E-state index contributed by atoms with van der Waals surface area (Å²) in [7, 11) is 1.76. The van der Waals surface area contributed by atoms with Crippen molar-refractivity contribution in [3.63, 3.8) is 0 Å². The molecular formula is C11H18N4O2. The quantitative estimate of drug-likeness (QED) is 0.772. The van der Waals surface area contributed by atoms with E-state index in [0.29, 0.717) is 18.1 Å².